The maximum Gasteiger partial charge on any atom is 0.328 e. The number of rotatable bonds is 9. The first-order valence-corrected chi connectivity index (χ1v) is 12.1. The highest BCUT2D eigenvalue weighted by Gasteiger charge is 2.16. The summed E-state index contributed by atoms with van der Waals surface area (Å²) >= 11 is 0. The summed E-state index contributed by atoms with van der Waals surface area (Å²) in [5.74, 6) is -2.91. The molecule has 1 aliphatic rings. The number of amides is 1. The van der Waals surface area contributed by atoms with Crippen LogP contribution < -0.4 is 5.32 Å². The van der Waals surface area contributed by atoms with Crippen molar-refractivity contribution in [3.63, 3.8) is 0 Å². The molecule has 0 fully saturated rings. The third-order valence-electron chi connectivity index (χ3n) is 5.70. The molecule has 1 aromatic heterocycles. The number of nitrogens with one attached hydrogen (secondary N) is 1. The minimum atomic E-state index is -1.26. The minimum Gasteiger partial charge on any atom is -0.478 e. The maximum atomic E-state index is 13.0. The molecule has 0 radical (unpaired) electrons. The Balaban J connectivity index is 0.000000482. The number of carboxylic acid groups (broad SMARTS) is 2. The lowest BCUT2D eigenvalue weighted by Crippen LogP contribution is -2.30. The quantitative estimate of drug-likeness (QED) is 0.266. The van der Waals surface area contributed by atoms with E-state index >= 15 is 0 Å². The fraction of sp³-hybridized carbons (Fsp3) is 0.214. The summed E-state index contributed by atoms with van der Waals surface area (Å²) in [5, 5.41) is 31.1. The Bertz CT molecular complexity index is 1410. The van der Waals surface area contributed by atoms with Gasteiger partial charge in [-0.25, -0.2) is 14.0 Å². The van der Waals surface area contributed by atoms with Crippen molar-refractivity contribution < 1.29 is 33.5 Å². The average molecular weight is 548 g/mol. The molecule has 0 saturated heterocycles. The van der Waals surface area contributed by atoms with Crippen molar-refractivity contribution in [2.45, 2.75) is 19.4 Å². The monoisotopic (exact) mass is 547 g/mol. The fourth-order valence-electron chi connectivity index (χ4n) is 3.65. The van der Waals surface area contributed by atoms with Crippen molar-refractivity contribution in [3.8, 4) is 17.5 Å². The molecule has 1 amide bonds. The number of nitrogens with zero attached hydrogens (tertiary/aromatic N) is 4. The second-order valence-corrected chi connectivity index (χ2v) is 8.60. The van der Waals surface area contributed by atoms with Crippen molar-refractivity contribution >= 4 is 17.8 Å². The topological polar surface area (TPSA) is 170 Å². The summed E-state index contributed by atoms with van der Waals surface area (Å²) in [6.07, 6.45) is 5.00. The number of aromatic nitrogens is 2. The van der Waals surface area contributed by atoms with E-state index in [0.717, 1.165) is 38.0 Å². The van der Waals surface area contributed by atoms with Crippen LogP contribution in [0, 0.1) is 17.1 Å². The summed E-state index contributed by atoms with van der Waals surface area (Å²) in [6.45, 7) is 3.04. The van der Waals surface area contributed by atoms with Gasteiger partial charge < -0.3 is 20.1 Å². The molecule has 12 heteroatoms. The summed E-state index contributed by atoms with van der Waals surface area (Å²) in [5.41, 5.74) is 3.57. The van der Waals surface area contributed by atoms with E-state index in [9.17, 15) is 18.8 Å². The number of carbonyl (C=O) groups excluding carboxylic acids is 1. The summed E-state index contributed by atoms with van der Waals surface area (Å²) < 4.78 is 18.2. The lowest BCUT2D eigenvalue weighted by atomic mass is 10.0. The first kappa shape index (κ1) is 29.4. The smallest absolute Gasteiger partial charge is 0.328 e. The third-order valence-corrected chi connectivity index (χ3v) is 5.70. The van der Waals surface area contributed by atoms with E-state index < -0.39 is 11.9 Å². The van der Waals surface area contributed by atoms with Crippen LogP contribution >= 0.6 is 0 Å². The van der Waals surface area contributed by atoms with Crippen LogP contribution in [0.25, 0.3) is 11.5 Å². The first-order chi connectivity index (χ1) is 19.2. The molecular weight excluding hydrogens is 521 g/mol. The Morgan fingerprint density at radius 2 is 1.75 bits per heavy atom. The molecule has 3 N–H and O–H groups in total. The summed E-state index contributed by atoms with van der Waals surface area (Å²) in [7, 11) is 0. The van der Waals surface area contributed by atoms with Gasteiger partial charge in [0, 0.05) is 43.9 Å². The molecule has 0 unspecified atom stereocenters. The van der Waals surface area contributed by atoms with Crippen molar-refractivity contribution in [3.05, 3.63) is 95.1 Å². The molecule has 3 aromatic rings. The standard InChI is InChI=1S/C24H22FN5O2.C4H4O4/c25-21-7-3-19(4-8-21)16-30-13-10-17(11-14-30)9-12-27-23(31)22-28-24(32-29-22)20-5-1-18(15-26)2-6-20;5-3(6)1-2-4(7)8/h1-8,10H,9,11-14,16H2,(H,27,31);1-2H,(H,5,6)(H,7,8)/b;2-1+. The molecule has 0 saturated carbocycles. The van der Waals surface area contributed by atoms with Crippen LogP contribution in [0.5, 0.6) is 0 Å². The van der Waals surface area contributed by atoms with Gasteiger partial charge in [0.05, 0.1) is 11.6 Å². The summed E-state index contributed by atoms with van der Waals surface area (Å²) in [6, 6.07) is 15.3. The van der Waals surface area contributed by atoms with Crippen LogP contribution in [0.1, 0.15) is 34.6 Å². The highest BCUT2D eigenvalue weighted by molar-refractivity contribution is 5.90. The Morgan fingerprint density at radius 1 is 1.07 bits per heavy atom. The van der Waals surface area contributed by atoms with Crippen LogP contribution in [-0.2, 0) is 16.1 Å². The zero-order valence-electron chi connectivity index (χ0n) is 21.3. The van der Waals surface area contributed by atoms with E-state index in [4.69, 9.17) is 20.0 Å². The van der Waals surface area contributed by atoms with Crippen LogP contribution in [0.15, 0.2) is 76.9 Å². The Labute approximate surface area is 228 Å². The van der Waals surface area contributed by atoms with E-state index in [-0.39, 0.29) is 23.4 Å². The number of carbonyl (C=O) groups is 3. The van der Waals surface area contributed by atoms with Gasteiger partial charge in [-0.05, 0) is 54.8 Å². The number of halogens is 1. The Hall–Kier alpha value is -5.15. The van der Waals surface area contributed by atoms with Crippen molar-refractivity contribution in [2.24, 2.45) is 0 Å². The normalized spacial score (nSPS) is 13.1. The second kappa shape index (κ2) is 14.7. The minimum absolute atomic E-state index is 0.0209. The van der Waals surface area contributed by atoms with Gasteiger partial charge >= 0.3 is 11.9 Å². The molecule has 0 atom stereocenters. The average Bonchev–Trinajstić information content (AvgIpc) is 3.45. The zero-order chi connectivity index (χ0) is 28.9. The number of aliphatic carboxylic acids is 2. The van der Waals surface area contributed by atoms with Gasteiger partial charge in [0.2, 0.25) is 0 Å². The number of carboxylic acids is 2. The largest absolute Gasteiger partial charge is 0.478 e. The Kier molecular flexibility index (Phi) is 10.8. The molecule has 1 aliphatic heterocycles. The van der Waals surface area contributed by atoms with E-state index in [1.807, 2.05) is 18.2 Å². The van der Waals surface area contributed by atoms with E-state index in [0.29, 0.717) is 29.8 Å². The lowest BCUT2D eigenvalue weighted by Gasteiger charge is -2.26. The highest BCUT2D eigenvalue weighted by Crippen LogP contribution is 2.18. The van der Waals surface area contributed by atoms with Gasteiger partial charge in [-0.1, -0.05) is 28.9 Å². The SMILES string of the molecule is N#Cc1ccc(-c2nc(C(=O)NCCC3=CCN(Cc4ccc(F)cc4)CC3)no2)cc1.O=C(O)/C=C/C(=O)O. The molecule has 0 aliphatic carbocycles. The van der Waals surface area contributed by atoms with Crippen molar-refractivity contribution in [1.29, 1.82) is 5.26 Å². The van der Waals surface area contributed by atoms with Crippen LogP contribution in [0.4, 0.5) is 4.39 Å². The molecule has 2 heterocycles. The van der Waals surface area contributed by atoms with E-state index in [1.54, 1.807) is 24.3 Å². The molecule has 2 aromatic carbocycles. The third kappa shape index (κ3) is 9.62. The van der Waals surface area contributed by atoms with E-state index in [2.05, 4.69) is 26.4 Å². The maximum absolute atomic E-state index is 13.0. The van der Waals surface area contributed by atoms with Crippen LogP contribution in [0.2, 0.25) is 0 Å². The zero-order valence-corrected chi connectivity index (χ0v) is 21.3. The van der Waals surface area contributed by atoms with Gasteiger partial charge in [0.15, 0.2) is 0 Å². The number of hydrogen-bond acceptors (Lipinski definition) is 8. The number of hydrogen-bond donors (Lipinski definition) is 3. The lowest BCUT2D eigenvalue weighted by molar-refractivity contribution is -0.134. The summed E-state index contributed by atoms with van der Waals surface area (Å²) in [4.78, 5) is 37.9. The molecule has 40 heavy (non-hydrogen) atoms. The highest BCUT2D eigenvalue weighted by atomic mass is 19.1. The van der Waals surface area contributed by atoms with Crippen molar-refractivity contribution in [2.75, 3.05) is 19.6 Å². The number of benzene rings is 2. The molecule has 4 rings (SSSR count). The predicted octanol–water partition coefficient (Wildman–Crippen LogP) is 3.41. The second-order valence-electron chi connectivity index (χ2n) is 8.60. The number of nitriles is 1. The van der Waals surface area contributed by atoms with Gasteiger partial charge in [0.25, 0.3) is 17.6 Å². The molecule has 206 valence electrons. The first-order valence-electron chi connectivity index (χ1n) is 12.1. The van der Waals surface area contributed by atoms with Crippen LogP contribution in [0.3, 0.4) is 0 Å². The predicted molar refractivity (Wildman–Crippen MR) is 140 cm³/mol. The Morgan fingerprint density at radius 3 is 2.33 bits per heavy atom. The van der Waals surface area contributed by atoms with E-state index in [1.165, 1.54) is 17.7 Å². The van der Waals surface area contributed by atoms with Crippen molar-refractivity contribution in [1.82, 2.24) is 20.4 Å². The fourth-order valence-corrected chi connectivity index (χ4v) is 3.65. The molecule has 0 spiro atoms. The molecule has 11 nitrogen and oxygen atoms in total. The van der Waals surface area contributed by atoms with Gasteiger partial charge in [-0.15, -0.1) is 0 Å². The van der Waals surface area contributed by atoms with Gasteiger partial charge in [-0.2, -0.15) is 10.2 Å². The molecular formula is C28H26FN5O6. The van der Waals surface area contributed by atoms with Gasteiger partial charge in [0.1, 0.15) is 5.82 Å². The molecule has 0 bridgehead atoms. The van der Waals surface area contributed by atoms with Crippen LogP contribution in [-0.4, -0.2) is 62.7 Å². The van der Waals surface area contributed by atoms with Gasteiger partial charge in [-0.3, -0.25) is 9.69 Å².